The lowest BCUT2D eigenvalue weighted by atomic mass is 10.0. The van der Waals surface area contributed by atoms with Gasteiger partial charge in [-0.15, -0.1) is 22.7 Å². The molecule has 0 aliphatic heterocycles. The highest BCUT2D eigenvalue weighted by Crippen LogP contribution is 2.47. The van der Waals surface area contributed by atoms with Gasteiger partial charge in [-0.3, -0.25) is 0 Å². The van der Waals surface area contributed by atoms with Crippen molar-refractivity contribution in [2.75, 3.05) is 4.90 Å². The van der Waals surface area contributed by atoms with Crippen LogP contribution in [0.5, 0.6) is 0 Å². The number of oxazole rings is 1. The van der Waals surface area contributed by atoms with Gasteiger partial charge >= 0.3 is 0 Å². The highest BCUT2D eigenvalue weighted by atomic mass is 32.1. The van der Waals surface area contributed by atoms with Crippen LogP contribution in [0.2, 0.25) is 0 Å². The zero-order chi connectivity index (χ0) is 31.6. The molecule has 0 aliphatic carbocycles. The van der Waals surface area contributed by atoms with E-state index in [0.29, 0.717) is 5.89 Å². The lowest BCUT2D eigenvalue weighted by Gasteiger charge is -2.26. The molecule has 0 atom stereocenters. The molecule has 3 nitrogen and oxygen atoms in total. The molecule has 7 aromatic carbocycles. The lowest BCUT2D eigenvalue weighted by molar-refractivity contribution is 0.620. The van der Waals surface area contributed by atoms with Crippen molar-refractivity contribution in [2.45, 2.75) is 0 Å². The molecular formula is C43H26N2OS2. The van der Waals surface area contributed by atoms with Crippen LogP contribution >= 0.6 is 22.7 Å². The summed E-state index contributed by atoms with van der Waals surface area (Å²) in [4.78, 5) is 7.28. The fourth-order valence-corrected chi connectivity index (χ4v) is 9.11. The summed E-state index contributed by atoms with van der Waals surface area (Å²) < 4.78 is 11.3. The van der Waals surface area contributed by atoms with Crippen molar-refractivity contribution < 1.29 is 4.42 Å². The normalized spacial score (nSPS) is 11.8. The molecule has 3 aromatic heterocycles. The summed E-state index contributed by atoms with van der Waals surface area (Å²) in [6, 6.07) is 56.2. The van der Waals surface area contributed by atoms with E-state index in [-0.39, 0.29) is 0 Å². The fraction of sp³-hybridized carbons (Fsp3) is 0. The second kappa shape index (κ2) is 10.9. The Labute approximate surface area is 284 Å². The minimum absolute atomic E-state index is 0.648. The summed E-state index contributed by atoms with van der Waals surface area (Å²) in [6.07, 6.45) is 0. The van der Waals surface area contributed by atoms with E-state index < -0.39 is 0 Å². The van der Waals surface area contributed by atoms with Gasteiger partial charge < -0.3 is 9.32 Å². The zero-order valence-corrected chi connectivity index (χ0v) is 27.3. The summed E-state index contributed by atoms with van der Waals surface area (Å²) in [5.41, 5.74) is 8.45. The van der Waals surface area contributed by atoms with Gasteiger partial charge in [0.25, 0.3) is 0 Å². The van der Waals surface area contributed by atoms with Crippen LogP contribution < -0.4 is 4.90 Å². The smallest absolute Gasteiger partial charge is 0.227 e. The predicted molar refractivity (Wildman–Crippen MR) is 205 cm³/mol. The van der Waals surface area contributed by atoms with Gasteiger partial charge in [-0.2, -0.15) is 0 Å². The Morgan fingerprint density at radius 3 is 1.96 bits per heavy atom. The Morgan fingerprint density at radius 1 is 0.458 bits per heavy atom. The number of rotatable bonds is 5. The Kier molecular flexibility index (Phi) is 6.22. The molecule has 226 valence electrons. The average molecular weight is 651 g/mol. The molecule has 0 aliphatic rings. The molecular weight excluding hydrogens is 625 g/mol. The molecule has 0 saturated carbocycles. The van der Waals surface area contributed by atoms with Gasteiger partial charge in [0.05, 0.1) is 10.4 Å². The van der Waals surface area contributed by atoms with Gasteiger partial charge in [0, 0.05) is 52.6 Å². The molecule has 0 N–H and O–H groups in total. The molecule has 10 aromatic rings. The van der Waals surface area contributed by atoms with Gasteiger partial charge in [-0.05, 0) is 77.9 Å². The largest absolute Gasteiger partial charge is 0.436 e. The quantitative estimate of drug-likeness (QED) is 0.186. The Balaban J connectivity index is 1.17. The first-order valence-electron chi connectivity index (χ1n) is 15.9. The summed E-state index contributed by atoms with van der Waals surface area (Å²) in [6.45, 7) is 0. The maximum atomic E-state index is 6.30. The first-order valence-corrected chi connectivity index (χ1v) is 17.6. The molecule has 0 saturated heterocycles. The number of thiophene rings is 2. The van der Waals surface area contributed by atoms with E-state index in [1.165, 1.54) is 51.5 Å². The van der Waals surface area contributed by atoms with Crippen molar-refractivity contribution >= 4 is 91.2 Å². The third-order valence-electron chi connectivity index (χ3n) is 9.10. The van der Waals surface area contributed by atoms with Crippen LogP contribution in [0.25, 0.3) is 74.0 Å². The molecule has 0 amide bonds. The van der Waals surface area contributed by atoms with E-state index in [1.54, 1.807) is 0 Å². The molecule has 0 bridgehead atoms. The van der Waals surface area contributed by atoms with Gasteiger partial charge in [0.2, 0.25) is 5.89 Å². The molecule has 0 unspecified atom stereocenters. The summed E-state index contributed by atoms with van der Waals surface area (Å²) in [5.74, 6) is 0.648. The van der Waals surface area contributed by atoms with Crippen LogP contribution in [-0.2, 0) is 0 Å². The van der Waals surface area contributed by atoms with Gasteiger partial charge in [-0.25, -0.2) is 4.98 Å². The van der Waals surface area contributed by atoms with Gasteiger partial charge in [-0.1, -0.05) is 91.0 Å². The monoisotopic (exact) mass is 650 g/mol. The van der Waals surface area contributed by atoms with E-state index in [1.807, 2.05) is 53.0 Å². The summed E-state index contributed by atoms with van der Waals surface area (Å²) >= 11 is 3.66. The number of hydrogen-bond acceptors (Lipinski definition) is 5. The maximum Gasteiger partial charge on any atom is 0.227 e. The standard InChI is InChI=1S/C43H26N2OS2/c1-3-10-27(11-4-1)28-18-20-30(21-19-28)45(31-22-23-40-34(24-31)32-14-7-8-17-39(32)47-40)37-16-9-15-33-35-25-38-36(26-41(35)48-42(33)37)44-43(46-38)29-12-5-2-6-13-29/h1-26H. The number of benzene rings is 7. The third-order valence-corrected chi connectivity index (χ3v) is 11.4. The Bertz CT molecular complexity index is 2780. The van der Waals surface area contributed by atoms with E-state index >= 15 is 0 Å². The first kappa shape index (κ1) is 27.4. The molecule has 5 heteroatoms. The lowest BCUT2D eigenvalue weighted by Crippen LogP contribution is -2.10. The minimum atomic E-state index is 0.648. The molecule has 0 fully saturated rings. The van der Waals surface area contributed by atoms with Crippen LogP contribution in [0.1, 0.15) is 0 Å². The van der Waals surface area contributed by atoms with Crippen LogP contribution in [0.4, 0.5) is 17.1 Å². The summed E-state index contributed by atoms with van der Waals surface area (Å²) in [5, 5.41) is 4.96. The van der Waals surface area contributed by atoms with Gasteiger partial charge in [0.1, 0.15) is 5.52 Å². The number of nitrogens with zero attached hydrogens (tertiary/aromatic N) is 2. The zero-order valence-electron chi connectivity index (χ0n) is 25.6. The van der Waals surface area contributed by atoms with Crippen molar-refractivity contribution in [2.24, 2.45) is 0 Å². The van der Waals surface area contributed by atoms with Gasteiger partial charge in [0.15, 0.2) is 5.58 Å². The summed E-state index contributed by atoms with van der Waals surface area (Å²) in [7, 11) is 0. The second-order valence-corrected chi connectivity index (χ2v) is 14.1. The first-order chi connectivity index (χ1) is 23.8. The third kappa shape index (κ3) is 4.43. The van der Waals surface area contributed by atoms with Crippen LogP contribution in [0.3, 0.4) is 0 Å². The van der Waals surface area contributed by atoms with Crippen molar-refractivity contribution in [3.8, 4) is 22.6 Å². The molecule has 10 rings (SSSR count). The highest BCUT2D eigenvalue weighted by Gasteiger charge is 2.20. The van der Waals surface area contributed by atoms with E-state index in [2.05, 4.69) is 132 Å². The molecule has 0 spiro atoms. The maximum absolute atomic E-state index is 6.30. The Hall–Kier alpha value is -5.75. The molecule has 48 heavy (non-hydrogen) atoms. The van der Waals surface area contributed by atoms with Crippen LogP contribution in [0.15, 0.2) is 162 Å². The minimum Gasteiger partial charge on any atom is -0.436 e. The van der Waals surface area contributed by atoms with E-state index in [0.717, 1.165) is 33.7 Å². The van der Waals surface area contributed by atoms with E-state index in [4.69, 9.17) is 9.40 Å². The fourth-order valence-electron chi connectivity index (χ4n) is 6.80. The predicted octanol–water partition coefficient (Wildman–Crippen LogP) is 13.4. The van der Waals surface area contributed by atoms with Crippen molar-refractivity contribution in [1.82, 2.24) is 4.98 Å². The second-order valence-electron chi connectivity index (χ2n) is 12.0. The average Bonchev–Trinajstić information content (AvgIpc) is 3.85. The van der Waals surface area contributed by atoms with E-state index in [9.17, 15) is 0 Å². The topological polar surface area (TPSA) is 29.3 Å². The number of fused-ring (bicyclic) bond motifs is 7. The van der Waals surface area contributed by atoms with Crippen molar-refractivity contribution in [3.63, 3.8) is 0 Å². The highest BCUT2D eigenvalue weighted by molar-refractivity contribution is 7.26. The Morgan fingerprint density at radius 2 is 1.12 bits per heavy atom. The van der Waals surface area contributed by atoms with Crippen molar-refractivity contribution in [1.29, 1.82) is 0 Å². The van der Waals surface area contributed by atoms with Crippen molar-refractivity contribution in [3.05, 3.63) is 158 Å². The van der Waals surface area contributed by atoms with Crippen LogP contribution in [0, 0.1) is 0 Å². The molecule has 3 heterocycles. The number of anilines is 3. The number of aromatic nitrogens is 1. The van der Waals surface area contributed by atoms with Crippen LogP contribution in [-0.4, -0.2) is 4.98 Å². The molecule has 0 radical (unpaired) electrons. The number of hydrogen-bond donors (Lipinski definition) is 0. The SMILES string of the molecule is c1ccc(-c2ccc(N(c3ccc4sc5ccccc5c4c3)c3cccc4c3sc3cc5nc(-c6ccccc6)oc5cc34)cc2)cc1.